The Bertz CT molecular complexity index is 379. The first-order chi connectivity index (χ1) is 7.39. The minimum Gasteiger partial charge on any atom is -0.319 e. The Kier molecular flexibility index (Phi) is 3.33. The first-order valence-electron chi connectivity index (χ1n) is 4.98. The van der Waals surface area contributed by atoms with Gasteiger partial charge in [0.2, 0.25) is 11.8 Å². The van der Waals surface area contributed by atoms with Crippen molar-refractivity contribution in [3.05, 3.63) is 0 Å². The molecular weight excluding hydrogens is 208 g/mol. The van der Waals surface area contributed by atoms with Crippen molar-refractivity contribution >= 4 is 17.7 Å². The fraction of sp³-hybridized carbons (Fsp3) is 0.545. The third-order valence-corrected chi connectivity index (χ3v) is 2.57. The molecule has 0 atom stereocenters. The van der Waals surface area contributed by atoms with Gasteiger partial charge in [0, 0.05) is 12.8 Å². The van der Waals surface area contributed by atoms with E-state index in [-0.39, 0.29) is 18.9 Å². The molecule has 0 unspecified atom stereocenters. The molecule has 1 N–H and O–H groups in total. The summed E-state index contributed by atoms with van der Waals surface area (Å²) in [7, 11) is 0. The molecule has 5 heteroatoms. The van der Waals surface area contributed by atoms with Crippen molar-refractivity contribution in [2.45, 2.75) is 32.2 Å². The van der Waals surface area contributed by atoms with E-state index in [1.165, 1.54) is 4.90 Å². The standard InChI is InChI=1S/C11H14N2O3/c1-4-5-6-9(15)13-7-8(14)12-10(16)11(13,2)3/h1H,5-7H2,2-3H3,(H,12,14,16). The lowest BCUT2D eigenvalue weighted by atomic mass is 9.98. The normalized spacial score (nSPS) is 18.9. The fourth-order valence-corrected chi connectivity index (χ4v) is 1.50. The molecule has 0 saturated carbocycles. The molecule has 5 nitrogen and oxygen atoms in total. The highest BCUT2D eigenvalue weighted by atomic mass is 16.2. The molecular formula is C11H14N2O3. The maximum Gasteiger partial charge on any atom is 0.252 e. The first kappa shape index (κ1) is 12.2. The third-order valence-electron chi connectivity index (χ3n) is 2.57. The first-order valence-corrected chi connectivity index (χ1v) is 4.98. The molecule has 86 valence electrons. The monoisotopic (exact) mass is 222 g/mol. The average molecular weight is 222 g/mol. The summed E-state index contributed by atoms with van der Waals surface area (Å²) in [5.74, 6) is 1.16. The molecule has 1 heterocycles. The number of piperazine rings is 1. The largest absolute Gasteiger partial charge is 0.319 e. The van der Waals surface area contributed by atoms with Crippen LogP contribution in [0.1, 0.15) is 26.7 Å². The van der Waals surface area contributed by atoms with E-state index < -0.39 is 17.4 Å². The second kappa shape index (κ2) is 4.35. The average Bonchev–Trinajstić information content (AvgIpc) is 2.20. The molecule has 0 spiro atoms. The predicted molar refractivity (Wildman–Crippen MR) is 57.0 cm³/mol. The number of carbonyl (C=O) groups is 3. The van der Waals surface area contributed by atoms with Crippen LogP contribution in [0, 0.1) is 12.3 Å². The third kappa shape index (κ3) is 2.22. The molecule has 1 saturated heterocycles. The number of nitrogens with one attached hydrogen (secondary N) is 1. The number of imide groups is 1. The summed E-state index contributed by atoms with van der Waals surface area (Å²) in [5, 5.41) is 2.20. The molecule has 1 aliphatic heterocycles. The maximum atomic E-state index is 11.8. The minimum atomic E-state index is -1.00. The van der Waals surface area contributed by atoms with Crippen LogP contribution in [-0.4, -0.2) is 34.7 Å². The van der Waals surface area contributed by atoms with Gasteiger partial charge in [0.1, 0.15) is 12.1 Å². The summed E-state index contributed by atoms with van der Waals surface area (Å²) < 4.78 is 0. The highest BCUT2D eigenvalue weighted by Gasteiger charge is 2.42. The molecule has 1 aliphatic rings. The molecule has 16 heavy (non-hydrogen) atoms. The lowest BCUT2D eigenvalue weighted by Gasteiger charge is -2.40. The van der Waals surface area contributed by atoms with Crippen molar-refractivity contribution in [3.8, 4) is 12.3 Å². The van der Waals surface area contributed by atoms with E-state index in [9.17, 15) is 14.4 Å². The van der Waals surface area contributed by atoms with Gasteiger partial charge in [-0.1, -0.05) is 0 Å². The second-order valence-corrected chi connectivity index (χ2v) is 4.12. The van der Waals surface area contributed by atoms with E-state index in [0.717, 1.165) is 0 Å². The van der Waals surface area contributed by atoms with Crippen LogP contribution in [0.2, 0.25) is 0 Å². The Hall–Kier alpha value is -1.83. The van der Waals surface area contributed by atoms with Crippen LogP contribution in [0.4, 0.5) is 0 Å². The van der Waals surface area contributed by atoms with Crippen molar-refractivity contribution in [1.82, 2.24) is 10.2 Å². The lowest BCUT2D eigenvalue weighted by molar-refractivity contribution is -0.155. The van der Waals surface area contributed by atoms with Gasteiger partial charge in [0.25, 0.3) is 5.91 Å². The molecule has 0 radical (unpaired) electrons. The molecule has 0 aromatic heterocycles. The summed E-state index contributed by atoms with van der Waals surface area (Å²) in [6, 6.07) is 0. The van der Waals surface area contributed by atoms with E-state index in [0.29, 0.717) is 6.42 Å². The van der Waals surface area contributed by atoms with E-state index in [1.54, 1.807) is 13.8 Å². The van der Waals surface area contributed by atoms with Crippen LogP contribution >= 0.6 is 0 Å². The van der Waals surface area contributed by atoms with E-state index in [2.05, 4.69) is 11.2 Å². The number of carbonyl (C=O) groups excluding carboxylic acids is 3. The summed E-state index contributed by atoms with van der Waals surface area (Å²) in [5.41, 5.74) is -1.00. The van der Waals surface area contributed by atoms with Crippen molar-refractivity contribution in [2.75, 3.05) is 6.54 Å². The predicted octanol–water partition coefficient (Wildman–Crippen LogP) is -0.337. The number of hydrogen-bond acceptors (Lipinski definition) is 3. The number of rotatable bonds is 2. The van der Waals surface area contributed by atoms with Gasteiger partial charge in [0.05, 0.1) is 0 Å². The minimum absolute atomic E-state index is 0.0951. The van der Waals surface area contributed by atoms with Crippen molar-refractivity contribution in [1.29, 1.82) is 0 Å². The topological polar surface area (TPSA) is 66.5 Å². The van der Waals surface area contributed by atoms with Crippen LogP contribution in [-0.2, 0) is 14.4 Å². The Balaban J connectivity index is 2.84. The van der Waals surface area contributed by atoms with Gasteiger partial charge in [-0.05, 0) is 13.8 Å². The summed E-state index contributed by atoms with van der Waals surface area (Å²) in [4.78, 5) is 35.8. The van der Waals surface area contributed by atoms with Crippen LogP contribution in [0.15, 0.2) is 0 Å². The Morgan fingerprint density at radius 2 is 2.19 bits per heavy atom. The smallest absolute Gasteiger partial charge is 0.252 e. The van der Waals surface area contributed by atoms with Gasteiger partial charge in [-0.15, -0.1) is 12.3 Å². The van der Waals surface area contributed by atoms with Gasteiger partial charge in [0.15, 0.2) is 0 Å². The molecule has 1 rings (SSSR count). The van der Waals surface area contributed by atoms with Gasteiger partial charge >= 0.3 is 0 Å². The summed E-state index contributed by atoms with van der Waals surface area (Å²) in [6.07, 6.45) is 5.52. The molecule has 3 amide bonds. The Morgan fingerprint density at radius 3 is 2.75 bits per heavy atom. The highest BCUT2D eigenvalue weighted by Crippen LogP contribution is 2.19. The molecule has 0 aliphatic carbocycles. The second-order valence-electron chi connectivity index (χ2n) is 4.12. The van der Waals surface area contributed by atoms with Crippen molar-refractivity contribution < 1.29 is 14.4 Å². The number of terminal acetylenes is 1. The molecule has 1 fully saturated rings. The van der Waals surface area contributed by atoms with Crippen molar-refractivity contribution in [2.24, 2.45) is 0 Å². The fourth-order valence-electron chi connectivity index (χ4n) is 1.50. The van der Waals surface area contributed by atoms with E-state index in [4.69, 9.17) is 6.42 Å². The van der Waals surface area contributed by atoms with Crippen LogP contribution in [0.3, 0.4) is 0 Å². The van der Waals surface area contributed by atoms with Gasteiger partial charge in [-0.25, -0.2) is 0 Å². The highest BCUT2D eigenvalue weighted by molar-refractivity contribution is 6.06. The Labute approximate surface area is 94.2 Å². The van der Waals surface area contributed by atoms with Gasteiger partial charge < -0.3 is 4.90 Å². The number of hydrogen-bond donors (Lipinski definition) is 1. The molecule has 0 aromatic carbocycles. The molecule has 0 bridgehead atoms. The SMILES string of the molecule is C#CCCC(=O)N1CC(=O)NC(=O)C1(C)C. The summed E-state index contributed by atoms with van der Waals surface area (Å²) >= 11 is 0. The summed E-state index contributed by atoms with van der Waals surface area (Å²) in [6.45, 7) is 3.10. The van der Waals surface area contributed by atoms with Crippen LogP contribution < -0.4 is 5.32 Å². The zero-order valence-corrected chi connectivity index (χ0v) is 9.37. The molecule has 0 aromatic rings. The van der Waals surface area contributed by atoms with Crippen molar-refractivity contribution in [3.63, 3.8) is 0 Å². The lowest BCUT2D eigenvalue weighted by Crippen LogP contribution is -2.65. The van der Waals surface area contributed by atoms with E-state index >= 15 is 0 Å². The van der Waals surface area contributed by atoms with E-state index in [1.807, 2.05) is 0 Å². The van der Waals surface area contributed by atoms with Gasteiger partial charge in [-0.3, -0.25) is 19.7 Å². The maximum absolute atomic E-state index is 11.8. The van der Waals surface area contributed by atoms with Gasteiger partial charge in [-0.2, -0.15) is 0 Å². The Morgan fingerprint density at radius 1 is 1.56 bits per heavy atom. The quantitative estimate of drug-likeness (QED) is 0.513. The van der Waals surface area contributed by atoms with Crippen LogP contribution in [0.25, 0.3) is 0 Å². The number of nitrogens with zero attached hydrogens (tertiary/aromatic N) is 1. The van der Waals surface area contributed by atoms with Crippen LogP contribution in [0.5, 0.6) is 0 Å². The zero-order valence-electron chi connectivity index (χ0n) is 9.37. The zero-order chi connectivity index (χ0) is 12.3. The number of amides is 3.